The Balaban J connectivity index is 1.86. The molecule has 0 bridgehead atoms. The molecule has 0 N–H and O–H groups in total. The number of aryl methyl sites for hydroxylation is 2. The van der Waals surface area contributed by atoms with Crippen molar-refractivity contribution in [2.45, 2.75) is 53.4 Å². The van der Waals surface area contributed by atoms with Crippen molar-refractivity contribution < 1.29 is 0 Å². The summed E-state index contributed by atoms with van der Waals surface area (Å²) < 4.78 is 2.30. The zero-order chi connectivity index (χ0) is 19.6. The molecular weight excluding hydrogens is 328 g/mol. The first-order valence-corrected chi connectivity index (χ1v) is 9.72. The number of rotatable bonds is 4. The average Bonchev–Trinajstić information content (AvgIpc) is 2.93. The fourth-order valence-electron chi connectivity index (χ4n) is 3.39. The molecule has 0 unspecified atom stereocenters. The predicted octanol–water partition coefficient (Wildman–Crippen LogP) is 6.70. The van der Waals surface area contributed by atoms with Gasteiger partial charge in [-0.15, -0.1) is 0 Å². The van der Waals surface area contributed by atoms with Gasteiger partial charge in [-0.3, -0.25) is 4.99 Å². The van der Waals surface area contributed by atoms with Crippen LogP contribution in [0.4, 0.5) is 5.69 Å². The largest absolute Gasteiger partial charge is 0.318 e. The Labute approximate surface area is 163 Å². The van der Waals surface area contributed by atoms with Crippen LogP contribution in [0.25, 0.3) is 5.69 Å². The minimum absolute atomic E-state index is 0.167. The van der Waals surface area contributed by atoms with Gasteiger partial charge in [0.2, 0.25) is 0 Å². The van der Waals surface area contributed by atoms with Gasteiger partial charge in [0.1, 0.15) is 0 Å². The van der Waals surface area contributed by atoms with Gasteiger partial charge in [-0.25, -0.2) is 0 Å². The van der Waals surface area contributed by atoms with Crippen molar-refractivity contribution in [3.63, 3.8) is 0 Å². The SMILES string of the molecule is CCc1ccc(-n2c(C)cc(C=Nc3ccc(C(C)(C)C)cc3)c2C)cc1. The molecule has 0 aliphatic rings. The molecule has 0 saturated carbocycles. The highest BCUT2D eigenvalue weighted by molar-refractivity contribution is 5.84. The van der Waals surface area contributed by atoms with E-state index in [1.165, 1.54) is 28.2 Å². The summed E-state index contributed by atoms with van der Waals surface area (Å²) in [5, 5.41) is 0. The summed E-state index contributed by atoms with van der Waals surface area (Å²) >= 11 is 0. The van der Waals surface area contributed by atoms with E-state index in [2.05, 4.69) is 101 Å². The standard InChI is InChI=1S/C25H30N2/c1-7-20-8-14-24(15-9-20)27-18(2)16-21(19(27)3)17-26-23-12-10-22(11-13-23)25(4,5)6/h8-17H,7H2,1-6H3. The molecule has 0 amide bonds. The third-order valence-electron chi connectivity index (χ3n) is 5.16. The number of benzene rings is 2. The summed E-state index contributed by atoms with van der Waals surface area (Å²) in [6, 6.07) is 19.6. The Bertz CT molecular complexity index is 934. The number of hydrogen-bond donors (Lipinski definition) is 0. The van der Waals surface area contributed by atoms with Gasteiger partial charge in [-0.2, -0.15) is 0 Å². The lowest BCUT2D eigenvalue weighted by Gasteiger charge is -2.18. The lowest BCUT2D eigenvalue weighted by Crippen LogP contribution is -2.10. The molecule has 2 aromatic carbocycles. The van der Waals surface area contributed by atoms with Gasteiger partial charge >= 0.3 is 0 Å². The van der Waals surface area contributed by atoms with E-state index in [9.17, 15) is 0 Å². The van der Waals surface area contributed by atoms with Crippen LogP contribution >= 0.6 is 0 Å². The van der Waals surface area contributed by atoms with E-state index in [4.69, 9.17) is 4.99 Å². The molecule has 0 aliphatic heterocycles. The molecule has 0 aliphatic carbocycles. The van der Waals surface area contributed by atoms with Crippen molar-refractivity contribution in [3.05, 3.63) is 82.7 Å². The molecule has 2 nitrogen and oxygen atoms in total. The highest BCUT2D eigenvalue weighted by Crippen LogP contribution is 2.25. The summed E-state index contributed by atoms with van der Waals surface area (Å²) in [6.07, 6.45) is 3.04. The van der Waals surface area contributed by atoms with Crippen molar-refractivity contribution in [2.24, 2.45) is 4.99 Å². The highest BCUT2D eigenvalue weighted by atomic mass is 15.0. The third kappa shape index (κ3) is 4.21. The average molecular weight is 359 g/mol. The lowest BCUT2D eigenvalue weighted by atomic mass is 9.87. The molecule has 27 heavy (non-hydrogen) atoms. The van der Waals surface area contributed by atoms with Crippen molar-refractivity contribution in [1.29, 1.82) is 0 Å². The molecule has 0 saturated heterocycles. The van der Waals surface area contributed by atoms with Crippen LogP contribution in [-0.2, 0) is 11.8 Å². The Hall–Kier alpha value is -2.61. The summed E-state index contributed by atoms with van der Waals surface area (Å²) in [4.78, 5) is 4.70. The normalized spacial score (nSPS) is 12.1. The van der Waals surface area contributed by atoms with E-state index < -0.39 is 0 Å². The van der Waals surface area contributed by atoms with Crippen LogP contribution in [0, 0.1) is 13.8 Å². The molecule has 2 heteroatoms. The van der Waals surface area contributed by atoms with E-state index in [-0.39, 0.29) is 5.41 Å². The summed E-state index contributed by atoms with van der Waals surface area (Å²) in [6.45, 7) is 13.2. The van der Waals surface area contributed by atoms with E-state index in [1.54, 1.807) is 0 Å². The summed E-state index contributed by atoms with van der Waals surface area (Å²) in [5.41, 5.74) is 8.65. The number of aromatic nitrogens is 1. The molecule has 1 aromatic heterocycles. The van der Waals surface area contributed by atoms with E-state index in [0.29, 0.717) is 0 Å². The van der Waals surface area contributed by atoms with Crippen LogP contribution in [-0.4, -0.2) is 10.8 Å². The maximum atomic E-state index is 4.70. The number of nitrogens with zero attached hydrogens (tertiary/aromatic N) is 2. The van der Waals surface area contributed by atoms with Gasteiger partial charge in [-0.05, 0) is 67.1 Å². The molecule has 3 aromatic rings. The van der Waals surface area contributed by atoms with Gasteiger partial charge in [0, 0.05) is 28.9 Å². The van der Waals surface area contributed by atoms with Crippen molar-refractivity contribution in [2.75, 3.05) is 0 Å². The Morgan fingerprint density at radius 1 is 0.926 bits per heavy atom. The maximum Gasteiger partial charge on any atom is 0.0630 e. The third-order valence-corrected chi connectivity index (χ3v) is 5.16. The van der Waals surface area contributed by atoms with Gasteiger partial charge in [0.15, 0.2) is 0 Å². The van der Waals surface area contributed by atoms with Crippen LogP contribution in [0.3, 0.4) is 0 Å². The molecular formula is C25H30N2. The first kappa shape index (κ1) is 19.2. The highest BCUT2D eigenvalue weighted by Gasteiger charge is 2.13. The second-order valence-electron chi connectivity index (χ2n) is 8.24. The van der Waals surface area contributed by atoms with Gasteiger partial charge in [0.05, 0.1) is 5.69 Å². The van der Waals surface area contributed by atoms with E-state index in [0.717, 1.165) is 17.7 Å². The predicted molar refractivity (Wildman–Crippen MR) is 117 cm³/mol. The maximum absolute atomic E-state index is 4.70. The summed E-state index contributed by atoms with van der Waals surface area (Å²) in [5.74, 6) is 0. The monoisotopic (exact) mass is 358 g/mol. The Morgan fingerprint density at radius 2 is 1.56 bits per heavy atom. The molecule has 1 heterocycles. The van der Waals surface area contributed by atoms with Gasteiger partial charge in [0.25, 0.3) is 0 Å². The number of hydrogen-bond acceptors (Lipinski definition) is 1. The quantitative estimate of drug-likeness (QED) is 0.461. The second-order valence-corrected chi connectivity index (χ2v) is 8.24. The van der Waals surface area contributed by atoms with Crippen LogP contribution in [0.15, 0.2) is 59.6 Å². The van der Waals surface area contributed by atoms with Crippen molar-refractivity contribution in [3.8, 4) is 5.69 Å². The molecule has 0 fully saturated rings. The molecule has 0 atom stereocenters. The minimum atomic E-state index is 0.167. The Kier molecular flexibility index (Phi) is 5.36. The molecule has 0 radical (unpaired) electrons. The first-order chi connectivity index (χ1) is 12.8. The molecule has 0 spiro atoms. The lowest BCUT2D eigenvalue weighted by molar-refractivity contribution is 0.590. The minimum Gasteiger partial charge on any atom is -0.318 e. The van der Waals surface area contributed by atoms with Gasteiger partial charge in [-0.1, -0.05) is 52.0 Å². The van der Waals surface area contributed by atoms with Crippen molar-refractivity contribution >= 4 is 11.9 Å². The van der Waals surface area contributed by atoms with Crippen LogP contribution in [0.1, 0.15) is 55.8 Å². The van der Waals surface area contributed by atoms with Crippen LogP contribution < -0.4 is 0 Å². The first-order valence-electron chi connectivity index (χ1n) is 9.72. The number of aliphatic imine (C=N–C) groups is 1. The van der Waals surface area contributed by atoms with E-state index >= 15 is 0 Å². The zero-order valence-corrected chi connectivity index (χ0v) is 17.4. The fraction of sp³-hybridized carbons (Fsp3) is 0.320. The van der Waals surface area contributed by atoms with Crippen molar-refractivity contribution in [1.82, 2.24) is 4.57 Å². The Morgan fingerprint density at radius 3 is 2.11 bits per heavy atom. The topological polar surface area (TPSA) is 17.3 Å². The van der Waals surface area contributed by atoms with Gasteiger partial charge < -0.3 is 4.57 Å². The molecule has 140 valence electrons. The van der Waals surface area contributed by atoms with Crippen LogP contribution in [0.5, 0.6) is 0 Å². The zero-order valence-electron chi connectivity index (χ0n) is 17.4. The smallest absolute Gasteiger partial charge is 0.0630 e. The summed E-state index contributed by atoms with van der Waals surface area (Å²) in [7, 11) is 0. The van der Waals surface area contributed by atoms with Crippen LogP contribution in [0.2, 0.25) is 0 Å². The fourth-order valence-corrected chi connectivity index (χ4v) is 3.39. The molecule has 3 rings (SSSR count). The van der Waals surface area contributed by atoms with E-state index in [1.807, 2.05) is 6.21 Å². The second kappa shape index (κ2) is 7.56.